The maximum Gasteiger partial charge on any atom is 0.0577 e. The Morgan fingerprint density at radius 3 is 2.59 bits per heavy atom. The summed E-state index contributed by atoms with van der Waals surface area (Å²) in [6.45, 7) is 16.6. The summed E-state index contributed by atoms with van der Waals surface area (Å²) in [6, 6.07) is 0. The van der Waals surface area contributed by atoms with Crippen LogP contribution in [0.1, 0.15) is 92.4 Å². The van der Waals surface area contributed by atoms with Crippen molar-refractivity contribution in [2.75, 3.05) is 0 Å². The van der Waals surface area contributed by atoms with Gasteiger partial charge >= 0.3 is 0 Å². The van der Waals surface area contributed by atoms with E-state index in [1.54, 1.807) is 5.57 Å². The highest BCUT2D eigenvalue weighted by Gasteiger charge is 2.59. The maximum atomic E-state index is 10.2. The molecule has 0 amide bonds. The fraction of sp³-hybridized carbons (Fsp3) is 0.857. The number of fused-ring (bicyclic) bond motifs is 5. The molecule has 164 valence electrons. The Bertz CT molecular complexity index is 649. The van der Waals surface area contributed by atoms with E-state index in [1.807, 2.05) is 0 Å². The lowest BCUT2D eigenvalue weighted by Gasteiger charge is -2.58. The van der Waals surface area contributed by atoms with Crippen molar-refractivity contribution in [3.05, 3.63) is 24.3 Å². The van der Waals surface area contributed by atoms with E-state index < -0.39 is 0 Å². The summed E-state index contributed by atoms with van der Waals surface area (Å²) in [5, 5.41) is 10.2. The summed E-state index contributed by atoms with van der Waals surface area (Å²) in [5.41, 5.74) is 2.53. The van der Waals surface area contributed by atoms with Crippen molar-refractivity contribution in [3.8, 4) is 0 Å². The molecule has 0 unspecified atom stereocenters. The molecule has 0 aromatic heterocycles. The van der Waals surface area contributed by atoms with Crippen LogP contribution in [-0.4, -0.2) is 11.2 Å². The van der Waals surface area contributed by atoms with Crippen molar-refractivity contribution in [1.82, 2.24) is 0 Å². The van der Waals surface area contributed by atoms with E-state index in [9.17, 15) is 5.11 Å². The van der Waals surface area contributed by atoms with Crippen molar-refractivity contribution < 1.29 is 5.11 Å². The van der Waals surface area contributed by atoms with Crippen LogP contribution in [0.25, 0.3) is 0 Å². The Morgan fingerprint density at radius 1 is 1.10 bits per heavy atom. The number of aliphatic hydroxyl groups is 1. The van der Waals surface area contributed by atoms with E-state index in [4.69, 9.17) is 0 Å². The molecule has 0 aromatic rings. The lowest BCUT2D eigenvalue weighted by molar-refractivity contribution is -0.0581. The second-order valence-corrected chi connectivity index (χ2v) is 12.2. The Morgan fingerprint density at radius 2 is 1.86 bits per heavy atom. The third-order valence-corrected chi connectivity index (χ3v) is 10.9. The molecule has 0 heterocycles. The fourth-order valence-electron chi connectivity index (χ4n) is 8.81. The summed E-state index contributed by atoms with van der Waals surface area (Å²) in [7, 11) is 0. The van der Waals surface area contributed by atoms with E-state index in [0.717, 1.165) is 48.3 Å². The first-order valence-electron chi connectivity index (χ1n) is 12.7. The summed E-state index contributed by atoms with van der Waals surface area (Å²) < 4.78 is 0. The van der Waals surface area contributed by atoms with Crippen molar-refractivity contribution >= 4 is 0 Å². The number of rotatable bonds is 5. The Kier molecular flexibility index (Phi) is 5.86. The van der Waals surface area contributed by atoms with Crippen molar-refractivity contribution in [3.63, 3.8) is 0 Å². The van der Waals surface area contributed by atoms with Crippen LogP contribution in [-0.2, 0) is 0 Å². The molecular weight excluding hydrogens is 352 g/mol. The number of hydrogen-bond donors (Lipinski definition) is 1. The topological polar surface area (TPSA) is 20.2 Å². The smallest absolute Gasteiger partial charge is 0.0577 e. The largest absolute Gasteiger partial charge is 0.393 e. The van der Waals surface area contributed by atoms with E-state index in [1.165, 1.54) is 44.9 Å². The molecule has 3 fully saturated rings. The van der Waals surface area contributed by atoms with Crippen LogP contribution in [0.5, 0.6) is 0 Å². The SMILES string of the molecule is C=C[C@H](C)[C@H](C)C[C@@H](C)[C@H]1CC[C@H]2[C@@H]3CC=C4C[C@@H](O)CC[C@]4(C)[C@H]3CC[C@]12C. The number of aliphatic hydroxyl groups excluding tert-OH is 1. The Hall–Kier alpha value is -0.560. The van der Waals surface area contributed by atoms with Crippen LogP contribution in [0, 0.1) is 52.3 Å². The zero-order valence-electron chi connectivity index (χ0n) is 19.8. The van der Waals surface area contributed by atoms with E-state index in [0.29, 0.717) is 16.7 Å². The van der Waals surface area contributed by atoms with Gasteiger partial charge in [-0.1, -0.05) is 52.3 Å². The minimum absolute atomic E-state index is 0.0867. The molecule has 3 saturated carbocycles. The molecule has 0 aromatic carbocycles. The first-order valence-corrected chi connectivity index (χ1v) is 12.7. The van der Waals surface area contributed by atoms with Crippen LogP contribution in [0.4, 0.5) is 0 Å². The first kappa shape index (κ1) is 21.7. The molecular formula is C28H46O. The summed E-state index contributed by atoms with van der Waals surface area (Å²) in [6.07, 6.45) is 16.2. The second-order valence-electron chi connectivity index (χ2n) is 12.2. The fourth-order valence-corrected chi connectivity index (χ4v) is 8.81. The van der Waals surface area contributed by atoms with Gasteiger partial charge in [0.15, 0.2) is 0 Å². The molecule has 4 rings (SSSR count). The molecule has 10 atom stereocenters. The van der Waals surface area contributed by atoms with E-state index >= 15 is 0 Å². The van der Waals surface area contributed by atoms with Crippen molar-refractivity contribution in [2.24, 2.45) is 52.3 Å². The first-order chi connectivity index (χ1) is 13.7. The zero-order chi connectivity index (χ0) is 21.0. The van der Waals surface area contributed by atoms with Gasteiger partial charge in [-0.25, -0.2) is 0 Å². The number of allylic oxidation sites excluding steroid dienone is 2. The van der Waals surface area contributed by atoms with Crippen molar-refractivity contribution in [1.29, 1.82) is 0 Å². The van der Waals surface area contributed by atoms with Gasteiger partial charge in [0.05, 0.1) is 6.10 Å². The summed E-state index contributed by atoms with van der Waals surface area (Å²) in [4.78, 5) is 0. The van der Waals surface area contributed by atoms with Gasteiger partial charge in [0.2, 0.25) is 0 Å². The van der Waals surface area contributed by atoms with Gasteiger partial charge in [-0.05, 0) is 110 Å². The third kappa shape index (κ3) is 3.48. The van der Waals surface area contributed by atoms with Gasteiger partial charge in [0.1, 0.15) is 0 Å². The second kappa shape index (κ2) is 7.85. The lowest BCUT2D eigenvalue weighted by Crippen LogP contribution is -2.50. The monoisotopic (exact) mass is 398 g/mol. The van der Waals surface area contributed by atoms with Gasteiger partial charge in [-0.15, -0.1) is 6.58 Å². The third-order valence-electron chi connectivity index (χ3n) is 10.9. The molecule has 0 radical (unpaired) electrons. The number of hydrogen-bond acceptors (Lipinski definition) is 1. The van der Waals surface area contributed by atoms with Crippen LogP contribution in [0.3, 0.4) is 0 Å². The van der Waals surface area contributed by atoms with Gasteiger partial charge in [0, 0.05) is 0 Å². The van der Waals surface area contributed by atoms with Crippen LogP contribution >= 0.6 is 0 Å². The average molecular weight is 399 g/mol. The quantitative estimate of drug-likeness (QED) is 0.478. The molecule has 1 nitrogen and oxygen atoms in total. The van der Waals surface area contributed by atoms with Crippen LogP contribution in [0.2, 0.25) is 0 Å². The molecule has 0 bridgehead atoms. The van der Waals surface area contributed by atoms with Gasteiger partial charge < -0.3 is 5.11 Å². The summed E-state index contributed by atoms with van der Waals surface area (Å²) in [5.74, 6) is 5.77. The van der Waals surface area contributed by atoms with Crippen LogP contribution in [0.15, 0.2) is 24.3 Å². The average Bonchev–Trinajstić information content (AvgIpc) is 3.05. The molecule has 29 heavy (non-hydrogen) atoms. The highest BCUT2D eigenvalue weighted by Crippen LogP contribution is 2.67. The molecule has 0 aliphatic heterocycles. The lowest BCUT2D eigenvalue weighted by atomic mass is 9.47. The predicted molar refractivity (Wildman–Crippen MR) is 124 cm³/mol. The molecule has 0 saturated heterocycles. The van der Waals surface area contributed by atoms with Gasteiger partial charge in [0.25, 0.3) is 0 Å². The highest BCUT2D eigenvalue weighted by molar-refractivity contribution is 5.25. The standard InChI is InChI=1S/C28H46O/c1-7-18(2)19(3)16-20(4)24-10-11-25-23-9-8-21-17-22(29)12-14-27(21,5)26(23)13-15-28(24,25)6/h7-8,18-20,22-26,29H,1,9-17H2,2-6H3/t18-,19+,20+,22-,23-,24+,25-,26-,27-,28+/m0/s1. The molecule has 4 aliphatic rings. The highest BCUT2D eigenvalue weighted by atomic mass is 16.3. The minimum atomic E-state index is -0.0867. The zero-order valence-corrected chi connectivity index (χ0v) is 19.8. The molecule has 0 spiro atoms. The Labute approximate surface area is 180 Å². The van der Waals surface area contributed by atoms with Crippen LogP contribution < -0.4 is 0 Å². The van der Waals surface area contributed by atoms with E-state index in [-0.39, 0.29) is 6.10 Å². The normalized spacial score (nSPS) is 47.2. The maximum absolute atomic E-state index is 10.2. The van der Waals surface area contributed by atoms with Gasteiger partial charge in [-0.2, -0.15) is 0 Å². The van der Waals surface area contributed by atoms with E-state index in [2.05, 4.69) is 53.3 Å². The molecule has 1 heteroatoms. The van der Waals surface area contributed by atoms with Gasteiger partial charge in [-0.3, -0.25) is 0 Å². The minimum Gasteiger partial charge on any atom is -0.393 e. The summed E-state index contributed by atoms with van der Waals surface area (Å²) >= 11 is 0. The Balaban J connectivity index is 1.52. The predicted octanol–water partition coefficient (Wildman–Crippen LogP) is 7.41. The van der Waals surface area contributed by atoms with Crippen molar-refractivity contribution in [2.45, 2.75) is 98.5 Å². The molecule has 1 N–H and O–H groups in total. The molecule has 4 aliphatic carbocycles.